The van der Waals surface area contributed by atoms with Gasteiger partial charge in [0.15, 0.2) is 6.61 Å². The predicted octanol–water partition coefficient (Wildman–Crippen LogP) is 1.22. The molecule has 0 bridgehead atoms. The molecule has 7 nitrogen and oxygen atoms in total. The molecular formula is C13H20N2O5. The lowest BCUT2D eigenvalue weighted by Crippen LogP contribution is -2.48. The zero-order chi connectivity index (χ0) is 14.7. The van der Waals surface area contributed by atoms with Gasteiger partial charge in [-0.2, -0.15) is 0 Å². The Labute approximate surface area is 117 Å². The van der Waals surface area contributed by atoms with Crippen molar-refractivity contribution in [3.8, 4) is 0 Å². The highest BCUT2D eigenvalue weighted by atomic mass is 16.6. The average molecular weight is 284 g/mol. The van der Waals surface area contributed by atoms with Gasteiger partial charge in [-0.3, -0.25) is 4.79 Å². The Morgan fingerprint density at radius 2 is 2.00 bits per heavy atom. The Morgan fingerprint density at radius 1 is 1.35 bits per heavy atom. The molecule has 2 fully saturated rings. The van der Waals surface area contributed by atoms with Crippen LogP contribution in [0.5, 0.6) is 0 Å². The summed E-state index contributed by atoms with van der Waals surface area (Å²) < 4.78 is 9.86. The van der Waals surface area contributed by atoms with Gasteiger partial charge < -0.3 is 14.4 Å². The first-order chi connectivity index (χ1) is 9.49. The van der Waals surface area contributed by atoms with Crippen LogP contribution in [0.25, 0.3) is 0 Å². The molecule has 7 heteroatoms. The minimum atomic E-state index is -0.573. The fraction of sp³-hybridized carbons (Fsp3) is 0.769. The quantitative estimate of drug-likeness (QED) is 0.779. The minimum absolute atomic E-state index is 0.171. The summed E-state index contributed by atoms with van der Waals surface area (Å²) in [4.78, 5) is 37.6. The Hall–Kier alpha value is -1.79. The molecule has 2 aliphatic rings. The van der Waals surface area contributed by atoms with Crippen molar-refractivity contribution in [3.63, 3.8) is 0 Å². The summed E-state index contributed by atoms with van der Waals surface area (Å²) in [6.45, 7) is 5.15. The van der Waals surface area contributed by atoms with Gasteiger partial charge in [0.2, 0.25) is 0 Å². The summed E-state index contributed by atoms with van der Waals surface area (Å²) in [5, 5.41) is 0. The van der Waals surface area contributed by atoms with Crippen molar-refractivity contribution in [2.75, 3.05) is 26.3 Å². The van der Waals surface area contributed by atoms with Crippen LogP contribution in [-0.2, 0) is 14.3 Å². The monoisotopic (exact) mass is 284 g/mol. The maximum Gasteiger partial charge on any atom is 0.417 e. The van der Waals surface area contributed by atoms with E-state index >= 15 is 0 Å². The van der Waals surface area contributed by atoms with Crippen molar-refractivity contribution in [3.05, 3.63) is 0 Å². The number of cyclic esters (lactones) is 1. The Bertz CT molecular complexity index is 386. The minimum Gasteiger partial charge on any atom is -0.449 e. The van der Waals surface area contributed by atoms with Crippen molar-refractivity contribution in [2.45, 2.75) is 32.7 Å². The highest BCUT2D eigenvalue weighted by molar-refractivity contribution is 5.98. The van der Waals surface area contributed by atoms with Crippen molar-refractivity contribution in [1.29, 1.82) is 0 Å². The van der Waals surface area contributed by atoms with Crippen LogP contribution in [0, 0.1) is 5.92 Å². The number of hydrogen-bond acceptors (Lipinski definition) is 5. The Kier molecular flexibility index (Phi) is 4.46. The molecule has 0 unspecified atom stereocenters. The zero-order valence-electron chi connectivity index (χ0n) is 11.8. The summed E-state index contributed by atoms with van der Waals surface area (Å²) in [5.74, 6) is 0.00400. The lowest BCUT2D eigenvalue weighted by molar-refractivity contribution is -0.127. The molecule has 0 aromatic carbocycles. The van der Waals surface area contributed by atoms with Crippen molar-refractivity contribution < 1.29 is 23.9 Å². The first-order valence-corrected chi connectivity index (χ1v) is 6.89. The van der Waals surface area contributed by atoms with E-state index in [-0.39, 0.29) is 24.6 Å². The number of carbonyl (C=O) groups is 3. The maximum atomic E-state index is 11.8. The zero-order valence-corrected chi connectivity index (χ0v) is 11.8. The molecule has 0 N–H and O–H groups in total. The Balaban J connectivity index is 1.81. The molecule has 3 amide bonds. The molecule has 2 aliphatic heterocycles. The number of nitrogens with zero attached hydrogens (tertiary/aromatic N) is 2. The molecule has 2 heterocycles. The van der Waals surface area contributed by atoms with Gasteiger partial charge in [0.05, 0.1) is 6.61 Å². The first kappa shape index (κ1) is 14.6. The standard InChI is InChI=1S/C13H20N2O5/c1-9(2)7-19-12(17)14-5-3-10(4-6-14)15-11(16)8-20-13(15)18/h9-10H,3-8H2,1-2H3. The van der Waals surface area contributed by atoms with E-state index in [0.29, 0.717) is 38.5 Å². The van der Waals surface area contributed by atoms with Gasteiger partial charge in [0.25, 0.3) is 5.91 Å². The van der Waals surface area contributed by atoms with E-state index in [1.165, 1.54) is 4.90 Å². The van der Waals surface area contributed by atoms with Gasteiger partial charge in [0, 0.05) is 19.1 Å². The van der Waals surface area contributed by atoms with Crippen LogP contribution in [0.1, 0.15) is 26.7 Å². The van der Waals surface area contributed by atoms with Gasteiger partial charge in [-0.15, -0.1) is 0 Å². The summed E-state index contributed by atoms with van der Waals surface area (Å²) in [6.07, 6.45) is 0.234. The van der Waals surface area contributed by atoms with Crippen LogP contribution >= 0.6 is 0 Å². The number of piperidine rings is 1. The molecule has 0 aliphatic carbocycles. The molecule has 0 aromatic heterocycles. The third-order valence-corrected chi connectivity index (χ3v) is 3.41. The molecule has 20 heavy (non-hydrogen) atoms. The van der Waals surface area contributed by atoms with E-state index in [2.05, 4.69) is 0 Å². The average Bonchev–Trinajstić information content (AvgIpc) is 2.76. The van der Waals surface area contributed by atoms with E-state index in [9.17, 15) is 14.4 Å². The highest BCUT2D eigenvalue weighted by Crippen LogP contribution is 2.21. The van der Waals surface area contributed by atoms with Crippen LogP contribution in [0.4, 0.5) is 9.59 Å². The number of rotatable bonds is 3. The third-order valence-electron chi connectivity index (χ3n) is 3.41. The van der Waals surface area contributed by atoms with Crippen LogP contribution in [0.3, 0.4) is 0 Å². The van der Waals surface area contributed by atoms with Crippen molar-refractivity contribution >= 4 is 18.1 Å². The van der Waals surface area contributed by atoms with Crippen molar-refractivity contribution in [1.82, 2.24) is 9.80 Å². The molecule has 112 valence electrons. The van der Waals surface area contributed by atoms with E-state index < -0.39 is 6.09 Å². The molecule has 0 atom stereocenters. The molecule has 2 rings (SSSR count). The Morgan fingerprint density at radius 3 is 2.50 bits per heavy atom. The number of hydrogen-bond donors (Lipinski definition) is 0. The maximum absolute atomic E-state index is 11.8. The third kappa shape index (κ3) is 3.20. The largest absolute Gasteiger partial charge is 0.449 e. The predicted molar refractivity (Wildman–Crippen MR) is 69.0 cm³/mol. The smallest absolute Gasteiger partial charge is 0.417 e. The number of likely N-dealkylation sites (tertiary alicyclic amines) is 1. The number of imide groups is 1. The normalized spacial score (nSPS) is 20.6. The molecule has 0 aromatic rings. The first-order valence-electron chi connectivity index (χ1n) is 6.89. The van der Waals surface area contributed by atoms with Gasteiger partial charge in [-0.05, 0) is 18.8 Å². The van der Waals surface area contributed by atoms with Crippen LogP contribution in [-0.4, -0.2) is 60.2 Å². The second-order valence-electron chi connectivity index (χ2n) is 5.51. The summed E-state index contributed by atoms with van der Waals surface area (Å²) in [5.41, 5.74) is 0. The molecular weight excluding hydrogens is 264 g/mol. The number of ether oxygens (including phenoxy) is 2. The second kappa shape index (κ2) is 6.11. The second-order valence-corrected chi connectivity index (χ2v) is 5.51. The fourth-order valence-electron chi connectivity index (χ4n) is 2.35. The highest BCUT2D eigenvalue weighted by Gasteiger charge is 2.39. The van der Waals surface area contributed by atoms with Gasteiger partial charge in [0.1, 0.15) is 0 Å². The van der Waals surface area contributed by atoms with Gasteiger partial charge in [-0.1, -0.05) is 13.8 Å². The number of carbonyl (C=O) groups excluding carboxylic acids is 3. The molecule has 0 radical (unpaired) electrons. The van der Waals surface area contributed by atoms with Crippen molar-refractivity contribution in [2.24, 2.45) is 5.92 Å². The van der Waals surface area contributed by atoms with Crippen LogP contribution in [0.2, 0.25) is 0 Å². The lowest BCUT2D eigenvalue weighted by atomic mass is 10.0. The molecule has 2 saturated heterocycles. The summed E-state index contributed by atoms with van der Waals surface area (Å²) >= 11 is 0. The number of amides is 3. The molecule has 0 saturated carbocycles. The summed E-state index contributed by atoms with van der Waals surface area (Å²) in [6, 6.07) is -0.174. The van der Waals surface area contributed by atoms with E-state index in [1.54, 1.807) is 4.90 Å². The molecule has 0 spiro atoms. The fourth-order valence-corrected chi connectivity index (χ4v) is 2.35. The van der Waals surface area contributed by atoms with Crippen LogP contribution < -0.4 is 0 Å². The summed E-state index contributed by atoms with van der Waals surface area (Å²) in [7, 11) is 0. The topological polar surface area (TPSA) is 76.2 Å². The van der Waals surface area contributed by atoms with E-state index in [0.717, 1.165) is 0 Å². The SMILES string of the molecule is CC(C)COC(=O)N1CCC(N2C(=O)COC2=O)CC1. The van der Waals surface area contributed by atoms with Gasteiger partial charge in [-0.25, -0.2) is 14.5 Å². The van der Waals surface area contributed by atoms with E-state index in [1.807, 2.05) is 13.8 Å². The van der Waals surface area contributed by atoms with Crippen LogP contribution in [0.15, 0.2) is 0 Å². The van der Waals surface area contributed by atoms with Gasteiger partial charge >= 0.3 is 12.2 Å². The lowest BCUT2D eigenvalue weighted by Gasteiger charge is -2.34. The van der Waals surface area contributed by atoms with E-state index in [4.69, 9.17) is 9.47 Å².